The molecule has 16 heavy (non-hydrogen) atoms. The van der Waals surface area contributed by atoms with Gasteiger partial charge in [-0.3, -0.25) is 4.79 Å². The quantitative estimate of drug-likeness (QED) is 0.866. The minimum atomic E-state index is -0.0598. The van der Waals surface area contributed by atoms with Gasteiger partial charge in [0.05, 0.1) is 11.4 Å². The van der Waals surface area contributed by atoms with E-state index in [9.17, 15) is 4.79 Å². The van der Waals surface area contributed by atoms with Crippen molar-refractivity contribution in [3.05, 3.63) is 34.3 Å². The van der Waals surface area contributed by atoms with Crippen LogP contribution in [0.3, 0.4) is 0 Å². The molecule has 0 bridgehead atoms. The van der Waals surface area contributed by atoms with Crippen molar-refractivity contribution >= 4 is 39.0 Å². The molecule has 0 aliphatic rings. The molecule has 1 rings (SSSR count). The van der Waals surface area contributed by atoms with E-state index in [0.717, 1.165) is 10.0 Å². The highest BCUT2D eigenvalue weighted by molar-refractivity contribution is 9.10. The van der Waals surface area contributed by atoms with Crippen molar-refractivity contribution in [2.45, 2.75) is 13.0 Å². The number of amides is 1. The molecule has 3 nitrogen and oxygen atoms in total. The van der Waals surface area contributed by atoms with Crippen molar-refractivity contribution in [2.24, 2.45) is 5.73 Å². The molecule has 0 radical (unpaired) electrons. The summed E-state index contributed by atoms with van der Waals surface area (Å²) in [5.41, 5.74) is 6.39. The van der Waals surface area contributed by atoms with E-state index in [1.54, 1.807) is 11.9 Å². The lowest BCUT2D eigenvalue weighted by atomic mass is 10.2. The average Bonchev–Trinajstić information content (AvgIpc) is 2.20. The number of halogens is 1. The van der Waals surface area contributed by atoms with E-state index in [-0.39, 0.29) is 17.3 Å². The lowest BCUT2D eigenvalue weighted by Gasteiger charge is -2.16. The van der Waals surface area contributed by atoms with Crippen molar-refractivity contribution in [3.8, 4) is 0 Å². The third-order valence-corrected chi connectivity index (χ3v) is 2.76. The maximum absolute atomic E-state index is 11.6. The molecule has 0 unspecified atom stereocenters. The molecule has 5 heteroatoms. The number of hydrogen-bond acceptors (Lipinski definition) is 2. The van der Waals surface area contributed by atoms with Crippen LogP contribution in [0.2, 0.25) is 0 Å². The van der Waals surface area contributed by atoms with Gasteiger partial charge < -0.3 is 10.6 Å². The fraction of sp³-hybridized carbons (Fsp3) is 0.273. The van der Waals surface area contributed by atoms with Crippen LogP contribution in [0.25, 0.3) is 0 Å². The number of carbonyl (C=O) groups excluding carboxylic acids is 1. The highest BCUT2D eigenvalue weighted by Gasteiger charge is 2.09. The van der Waals surface area contributed by atoms with Gasteiger partial charge >= 0.3 is 0 Å². The summed E-state index contributed by atoms with van der Waals surface area (Å²) in [6.45, 7) is 0.564. The molecular weight excluding hydrogens is 288 g/mol. The first-order valence-corrected chi connectivity index (χ1v) is 5.96. The predicted octanol–water partition coefficient (Wildman–Crippen LogP) is 2.08. The number of benzene rings is 1. The summed E-state index contributed by atoms with van der Waals surface area (Å²) in [5, 5.41) is 0. The highest BCUT2D eigenvalue weighted by Crippen LogP contribution is 2.12. The van der Waals surface area contributed by atoms with Gasteiger partial charge in [-0.2, -0.15) is 0 Å². The van der Waals surface area contributed by atoms with Crippen molar-refractivity contribution in [1.82, 2.24) is 4.90 Å². The third-order valence-electron chi connectivity index (χ3n) is 2.08. The monoisotopic (exact) mass is 300 g/mol. The molecular formula is C11H13BrN2OS. The Morgan fingerprint density at radius 1 is 1.44 bits per heavy atom. The van der Waals surface area contributed by atoms with Crippen LogP contribution in [0, 0.1) is 0 Å². The molecule has 0 fully saturated rings. The Morgan fingerprint density at radius 3 is 2.50 bits per heavy atom. The Balaban J connectivity index is 2.57. The minimum absolute atomic E-state index is 0.0598. The van der Waals surface area contributed by atoms with Gasteiger partial charge in [0, 0.05) is 18.1 Å². The van der Waals surface area contributed by atoms with Crippen LogP contribution in [-0.4, -0.2) is 22.8 Å². The van der Waals surface area contributed by atoms with Gasteiger partial charge in [0.25, 0.3) is 0 Å². The standard InChI is InChI=1S/C11H13BrN2OS/c1-14(11(15)6-10(13)16)7-8-2-4-9(12)5-3-8/h2-5H,6-7H2,1H3,(H2,13,16). The van der Waals surface area contributed by atoms with Gasteiger partial charge in [-0.05, 0) is 17.7 Å². The molecule has 0 aromatic heterocycles. The van der Waals surface area contributed by atoms with E-state index in [0.29, 0.717) is 6.54 Å². The lowest BCUT2D eigenvalue weighted by molar-refractivity contribution is -0.129. The van der Waals surface area contributed by atoms with E-state index in [4.69, 9.17) is 18.0 Å². The van der Waals surface area contributed by atoms with Gasteiger partial charge in [-0.1, -0.05) is 40.3 Å². The molecule has 0 saturated heterocycles. The lowest BCUT2D eigenvalue weighted by Crippen LogP contribution is -2.29. The number of nitrogens with zero attached hydrogens (tertiary/aromatic N) is 1. The molecule has 2 N–H and O–H groups in total. The average molecular weight is 301 g/mol. The fourth-order valence-corrected chi connectivity index (χ4v) is 1.62. The summed E-state index contributed by atoms with van der Waals surface area (Å²) in [5.74, 6) is -0.0598. The first-order valence-electron chi connectivity index (χ1n) is 4.75. The summed E-state index contributed by atoms with van der Waals surface area (Å²) in [7, 11) is 1.74. The molecule has 0 saturated carbocycles. The molecule has 0 atom stereocenters. The first-order chi connectivity index (χ1) is 7.49. The number of carbonyl (C=O) groups is 1. The van der Waals surface area contributed by atoms with E-state index in [2.05, 4.69) is 15.9 Å². The Morgan fingerprint density at radius 2 is 2.00 bits per heavy atom. The first kappa shape index (κ1) is 13.1. The van der Waals surface area contributed by atoms with E-state index in [1.807, 2.05) is 24.3 Å². The van der Waals surface area contributed by atoms with Gasteiger partial charge in [0.2, 0.25) is 5.91 Å². The fourth-order valence-electron chi connectivity index (χ4n) is 1.24. The van der Waals surface area contributed by atoms with Gasteiger partial charge in [-0.15, -0.1) is 0 Å². The third kappa shape index (κ3) is 4.28. The number of nitrogens with two attached hydrogens (primary N) is 1. The largest absolute Gasteiger partial charge is 0.393 e. The molecule has 86 valence electrons. The summed E-state index contributed by atoms with van der Waals surface area (Å²) in [4.78, 5) is 13.4. The number of rotatable bonds is 4. The van der Waals surface area contributed by atoms with Crippen molar-refractivity contribution in [2.75, 3.05) is 7.05 Å². The molecule has 0 spiro atoms. The second-order valence-corrected chi connectivity index (χ2v) is 4.96. The number of thiocarbonyl (C=S) groups is 1. The minimum Gasteiger partial charge on any atom is -0.393 e. The predicted molar refractivity (Wildman–Crippen MR) is 72.0 cm³/mol. The second-order valence-electron chi connectivity index (χ2n) is 3.52. The van der Waals surface area contributed by atoms with Crippen molar-refractivity contribution in [1.29, 1.82) is 0 Å². The van der Waals surface area contributed by atoms with Crippen LogP contribution in [0.4, 0.5) is 0 Å². The summed E-state index contributed by atoms with van der Waals surface area (Å²) >= 11 is 8.06. The molecule has 1 aromatic carbocycles. The molecule has 1 aromatic rings. The van der Waals surface area contributed by atoms with Crippen LogP contribution >= 0.6 is 28.1 Å². The topological polar surface area (TPSA) is 46.3 Å². The molecule has 0 heterocycles. The molecule has 0 aliphatic carbocycles. The summed E-state index contributed by atoms with van der Waals surface area (Å²) in [6.07, 6.45) is 0.127. The summed E-state index contributed by atoms with van der Waals surface area (Å²) in [6, 6.07) is 7.83. The van der Waals surface area contributed by atoms with Gasteiger partial charge in [0.15, 0.2) is 0 Å². The second kappa shape index (κ2) is 5.96. The molecule has 0 aliphatic heterocycles. The smallest absolute Gasteiger partial charge is 0.229 e. The SMILES string of the molecule is CN(Cc1ccc(Br)cc1)C(=O)CC(N)=S. The van der Waals surface area contributed by atoms with E-state index in [1.165, 1.54) is 0 Å². The van der Waals surface area contributed by atoms with Crippen LogP contribution in [-0.2, 0) is 11.3 Å². The zero-order valence-corrected chi connectivity index (χ0v) is 11.3. The zero-order chi connectivity index (χ0) is 12.1. The summed E-state index contributed by atoms with van der Waals surface area (Å²) < 4.78 is 1.02. The van der Waals surface area contributed by atoms with Gasteiger partial charge in [-0.25, -0.2) is 0 Å². The van der Waals surface area contributed by atoms with Crippen LogP contribution in [0.15, 0.2) is 28.7 Å². The Labute approximate surface area is 109 Å². The van der Waals surface area contributed by atoms with Crippen molar-refractivity contribution < 1.29 is 4.79 Å². The van der Waals surface area contributed by atoms with Crippen LogP contribution in [0.5, 0.6) is 0 Å². The van der Waals surface area contributed by atoms with Crippen LogP contribution in [0.1, 0.15) is 12.0 Å². The molecule has 1 amide bonds. The van der Waals surface area contributed by atoms with E-state index >= 15 is 0 Å². The zero-order valence-electron chi connectivity index (χ0n) is 8.94. The van der Waals surface area contributed by atoms with Gasteiger partial charge in [0.1, 0.15) is 0 Å². The van der Waals surface area contributed by atoms with Crippen LogP contribution < -0.4 is 5.73 Å². The Hall–Kier alpha value is -0.940. The maximum atomic E-state index is 11.6. The van der Waals surface area contributed by atoms with E-state index < -0.39 is 0 Å². The maximum Gasteiger partial charge on any atom is 0.229 e. The van der Waals surface area contributed by atoms with Crippen molar-refractivity contribution in [3.63, 3.8) is 0 Å². The number of hydrogen-bond donors (Lipinski definition) is 1. The Kier molecular flexibility index (Phi) is 4.89. The normalized spacial score (nSPS) is 9.88. The highest BCUT2D eigenvalue weighted by atomic mass is 79.9. The Bertz CT molecular complexity index is 391.